The number of ether oxygens (including phenoxy) is 3. The molecule has 0 spiro atoms. The molecule has 0 bridgehead atoms. The third-order valence-corrected chi connectivity index (χ3v) is 12.1. The lowest BCUT2D eigenvalue weighted by molar-refractivity contribution is -0.138. The Hall–Kier alpha value is -6.17. The average molecular weight is 974 g/mol. The van der Waals surface area contributed by atoms with Crippen LogP contribution in [-0.4, -0.2) is 122 Å². The number of rotatable bonds is 12. The number of carboxylic acid groups (broad SMARTS) is 2. The number of methoxy groups -OCH3 is 2. The summed E-state index contributed by atoms with van der Waals surface area (Å²) in [6.07, 6.45) is 6.22. The molecule has 0 radical (unpaired) electrons. The zero-order chi connectivity index (χ0) is 47.9. The zero-order valence-electron chi connectivity index (χ0n) is 34.7. The van der Waals surface area contributed by atoms with Gasteiger partial charge in [-0.25, -0.2) is 23.7 Å². The highest BCUT2D eigenvalue weighted by atomic mass is 35.5. The number of aryl methyl sites for hydroxylation is 1. The van der Waals surface area contributed by atoms with Crippen LogP contribution < -0.4 is 39.7 Å². The van der Waals surface area contributed by atoms with Crippen LogP contribution in [0.1, 0.15) is 36.5 Å². The Bertz CT molecular complexity index is 2710. The number of hydrogen-bond acceptors (Lipinski definition) is 17. The number of carboxylic acids is 2. The van der Waals surface area contributed by atoms with Crippen LogP contribution in [0.3, 0.4) is 0 Å². The summed E-state index contributed by atoms with van der Waals surface area (Å²) >= 11 is 6.87. The number of halogens is 2. The van der Waals surface area contributed by atoms with Crippen molar-refractivity contribution in [1.82, 2.24) is 33.4 Å². The minimum Gasteiger partial charge on any atom is -0.481 e. The van der Waals surface area contributed by atoms with E-state index in [1.807, 2.05) is 4.57 Å². The second kappa shape index (κ2) is 20.6. The highest BCUT2D eigenvalue weighted by Gasteiger charge is 2.33. The van der Waals surface area contributed by atoms with Gasteiger partial charge < -0.3 is 39.6 Å². The van der Waals surface area contributed by atoms with E-state index in [9.17, 15) is 36.6 Å². The van der Waals surface area contributed by atoms with Crippen molar-refractivity contribution in [3.63, 3.8) is 0 Å². The van der Waals surface area contributed by atoms with Gasteiger partial charge in [0.15, 0.2) is 30.0 Å². The summed E-state index contributed by atoms with van der Waals surface area (Å²) in [7, 11) is -3.96. The van der Waals surface area contributed by atoms with Gasteiger partial charge in [0.05, 0.1) is 32.5 Å². The number of anilines is 2. The SMILES string of the molecule is C#CCN1C(=O)COc2cc(F)c(/N=c3\snc4n3CC(C)(C)C4)cc21.COc1cc(OC)nc(NC(=O)NS(=O)(=O)c2c(C(=O)O)c(Cl)nn2C)n1.CP(=O)(O)CCC(N)C(=O)O. The van der Waals surface area contributed by atoms with E-state index < -0.39 is 63.0 Å². The molecule has 6 rings (SSSR count). The maximum Gasteiger partial charge on any atom is 0.341 e. The van der Waals surface area contributed by atoms with Gasteiger partial charge in [-0.05, 0) is 17.9 Å². The quantitative estimate of drug-likeness (QED) is 0.0874. The van der Waals surface area contributed by atoms with Crippen LogP contribution in [0.2, 0.25) is 5.15 Å². The van der Waals surface area contributed by atoms with Gasteiger partial charge in [-0.1, -0.05) is 31.4 Å². The fourth-order valence-corrected chi connectivity index (χ4v) is 8.77. The average Bonchev–Trinajstić information content (AvgIpc) is 3.83. The number of aromatic nitrogens is 6. The van der Waals surface area contributed by atoms with Crippen LogP contribution in [0.15, 0.2) is 28.2 Å². The standard InChI is InChI=1S/C18H17FN4O2S.C12H13ClN6O7S.C5H12NO4P/c1-4-5-22-13-7-12(11(19)6-14(13)25-9-16(22)24)20-17-23-10-18(2,3)8-15(23)21-26-17;1-19-9(7(10(20)21)8(13)17-19)27(23,24)18-12(22)16-11-14-5(25-2)4-6(15-11)26-3;1-11(9,10)3-2-4(6)5(7)8/h1,6-7H,5,8-10H2,2-3H3;4H,1-3H3,(H,20,21)(H2,14,15,16,18,22);4H,2-3,6H2,1H3,(H,7,8)(H,9,10)/b20-17-;;. The van der Waals surface area contributed by atoms with Gasteiger partial charge in [0, 0.05) is 50.4 Å². The Labute approximate surface area is 372 Å². The highest BCUT2D eigenvalue weighted by molar-refractivity contribution is 7.90. The first kappa shape index (κ1) is 50.5. The summed E-state index contributed by atoms with van der Waals surface area (Å²) in [4.78, 5) is 68.3. The number of carbonyl (C=O) groups excluding carboxylic acids is 2. The molecule has 0 fully saturated rings. The van der Waals surface area contributed by atoms with Crippen LogP contribution in [0.5, 0.6) is 17.5 Å². The number of benzene rings is 1. The van der Waals surface area contributed by atoms with Crippen molar-refractivity contribution in [3.05, 3.63) is 45.4 Å². The lowest BCUT2D eigenvalue weighted by Crippen LogP contribution is -2.39. The van der Waals surface area contributed by atoms with Gasteiger partial charge in [0.1, 0.15) is 28.9 Å². The number of aliphatic carboxylic acids is 1. The molecule has 29 heteroatoms. The zero-order valence-corrected chi connectivity index (χ0v) is 38.0. The molecule has 3 aromatic heterocycles. The Kier molecular flexibility index (Phi) is 16.2. The van der Waals surface area contributed by atoms with E-state index in [1.54, 1.807) is 4.72 Å². The van der Waals surface area contributed by atoms with Crippen LogP contribution in [0, 0.1) is 23.6 Å². The molecule has 24 nitrogen and oxygen atoms in total. The van der Waals surface area contributed by atoms with E-state index in [0.717, 1.165) is 25.8 Å². The second-order valence-corrected chi connectivity index (χ2v) is 19.6. The molecule has 0 saturated carbocycles. The number of sulfonamides is 1. The molecule has 346 valence electrons. The van der Waals surface area contributed by atoms with Crippen molar-refractivity contribution < 1.29 is 65.9 Å². The lowest BCUT2D eigenvalue weighted by Gasteiger charge is -2.28. The van der Waals surface area contributed by atoms with Gasteiger partial charge in [-0.15, -0.1) is 6.42 Å². The van der Waals surface area contributed by atoms with Crippen molar-refractivity contribution in [2.45, 2.75) is 44.3 Å². The maximum atomic E-state index is 14.5. The fraction of sp³-hybridized carbons (Fsp3) is 0.400. The second-order valence-electron chi connectivity index (χ2n) is 14.4. The summed E-state index contributed by atoms with van der Waals surface area (Å²) in [5.74, 6) is -0.0717. The first-order valence-electron chi connectivity index (χ1n) is 18.1. The van der Waals surface area contributed by atoms with Crippen molar-refractivity contribution in [1.29, 1.82) is 0 Å². The number of aromatic carboxylic acids is 1. The van der Waals surface area contributed by atoms with Crippen LogP contribution in [0.4, 0.5) is 26.5 Å². The van der Waals surface area contributed by atoms with Crippen molar-refractivity contribution >= 4 is 81.7 Å². The predicted octanol–water partition coefficient (Wildman–Crippen LogP) is 2.03. The van der Waals surface area contributed by atoms with Crippen LogP contribution in [0.25, 0.3) is 0 Å². The van der Waals surface area contributed by atoms with Crippen LogP contribution >= 0.6 is 30.5 Å². The molecule has 0 aliphatic carbocycles. The molecule has 2 aliphatic heterocycles. The number of nitrogens with zero attached hydrogens (tertiary/aromatic N) is 8. The van der Waals surface area contributed by atoms with E-state index in [2.05, 4.69) is 49.5 Å². The topological polar surface area (TPSA) is 335 Å². The number of nitrogens with two attached hydrogens (primary N) is 1. The summed E-state index contributed by atoms with van der Waals surface area (Å²) in [5, 5.41) is 21.7. The number of fused-ring (bicyclic) bond motifs is 2. The van der Waals surface area contributed by atoms with E-state index >= 15 is 0 Å². The van der Waals surface area contributed by atoms with Gasteiger partial charge in [-0.2, -0.15) is 27.9 Å². The molecule has 64 heavy (non-hydrogen) atoms. The van der Waals surface area contributed by atoms with E-state index in [-0.39, 0.29) is 60.5 Å². The molecule has 1 aromatic carbocycles. The monoisotopic (exact) mass is 973 g/mol. The van der Waals surface area contributed by atoms with Gasteiger partial charge in [0.2, 0.25) is 22.5 Å². The van der Waals surface area contributed by atoms with Gasteiger partial charge in [0.25, 0.3) is 15.9 Å². The van der Waals surface area contributed by atoms with Crippen molar-refractivity contribution in [2.75, 3.05) is 50.4 Å². The third-order valence-electron chi connectivity index (χ3n) is 8.58. The van der Waals surface area contributed by atoms with Crippen molar-refractivity contribution in [3.8, 4) is 29.9 Å². The third kappa shape index (κ3) is 13.0. The number of nitrogens with one attached hydrogen (secondary N) is 2. The van der Waals surface area contributed by atoms with E-state index in [4.69, 9.17) is 53.1 Å². The Morgan fingerprint density at radius 3 is 2.41 bits per heavy atom. The number of urea groups is 1. The molecule has 4 aromatic rings. The maximum absolute atomic E-state index is 14.5. The molecule has 2 atom stereocenters. The first-order chi connectivity index (χ1) is 29.8. The fourth-order valence-electron chi connectivity index (χ4n) is 5.68. The lowest BCUT2D eigenvalue weighted by atomic mass is 9.92. The van der Waals surface area contributed by atoms with Crippen LogP contribution in [-0.2, 0) is 44.2 Å². The highest BCUT2D eigenvalue weighted by Crippen LogP contribution is 2.38. The number of amides is 3. The molecule has 2 aliphatic rings. The Morgan fingerprint density at radius 2 is 1.84 bits per heavy atom. The number of terminal acetylenes is 1. The first-order valence-corrected chi connectivity index (χ1v) is 23.1. The Morgan fingerprint density at radius 1 is 1.20 bits per heavy atom. The normalized spacial score (nSPS) is 15.3. The van der Waals surface area contributed by atoms with E-state index in [1.165, 1.54) is 55.5 Å². The molecule has 3 amide bonds. The van der Waals surface area contributed by atoms with Gasteiger partial charge >= 0.3 is 18.0 Å². The summed E-state index contributed by atoms with van der Waals surface area (Å²) in [6, 6.07) is 1.79. The molecular formula is C35H42ClFN11O13PS2. The molecular weight excluding hydrogens is 932 g/mol. The summed E-state index contributed by atoms with van der Waals surface area (Å²) < 4.78 is 73.9. The molecule has 2 unspecified atom stereocenters. The smallest absolute Gasteiger partial charge is 0.341 e. The van der Waals surface area contributed by atoms with Gasteiger partial charge in [-0.3, -0.25) is 29.1 Å². The molecule has 5 heterocycles. The summed E-state index contributed by atoms with van der Waals surface area (Å²) in [6.45, 7) is 6.24. The number of hydrogen-bond donors (Lipinski definition) is 6. The minimum absolute atomic E-state index is 0.0412. The molecule has 7 N–H and O–H groups in total. The number of carbonyl (C=O) groups is 4. The predicted molar refractivity (Wildman–Crippen MR) is 226 cm³/mol. The van der Waals surface area contributed by atoms with E-state index in [0.29, 0.717) is 20.9 Å². The molecule has 0 saturated heterocycles. The summed E-state index contributed by atoms with van der Waals surface area (Å²) in [5.41, 5.74) is 4.99. The largest absolute Gasteiger partial charge is 0.481 e. The Balaban J connectivity index is 0.000000229. The van der Waals surface area contributed by atoms with Crippen molar-refractivity contribution in [2.24, 2.45) is 23.2 Å². The minimum atomic E-state index is -4.64.